The second kappa shape index (κ2) is 4.99. The first-order chi connectivity index (χ1) is 10.3. The molecule has 0 radical (unpaired) electrons. The van der Waals surface area contributed by atoms with E-state index >= 15 is 0 Å². The van der Waals surface area contributed by atoms with E-state index < -0.39 is 0 Å². The Balaban J connectivity index is 1.73. The fourth-order valence-electron chi connectivity index (χ4n) is 3.76. The molecule has 1 aromatic heterocycles. The summed E-state index contributed by atoms with van der Waals surface area (Å²) >= 11 is 0. The molecule has 1 saturated carbocycles. The highest BCUT2D eigenvalue weighted by Gasteiger charge is 2.43. The third-order valence-corrected chi connectivity index (χ3v) is 5.13. The maximum absolute atomic E-state index is 4.25. The van der Waals surface area contributed by atoms with E-state index in [1.54, 1.807) is 0 Å². The highest BCUT2D eigenvalue weighted by atomic mass is 15.2. The fourth-order valence-corrected chi connectivity index (χ4v) is 3.76. The molecular formula is C18H23N3. The monoisotopic (exact) mass is 281 g/mol. The molecule has 2 fully saturated rings. The van der Waals surface area contributed by atoms with Crippen LogP contribution in [0.2, 0.25) is 0 Å². The van der Waals surface area contributed by atoms with Crippen molar-refractivity contribution in [1.29, 1.82) is 0 Å². The second-order valence-corrected chi connectivity index (χ2v) is 6.77. The number of fused-ring (bicyclic) bond motifs is 1. The zero-order valence-electron chi connectivity index (χ0n) is 12.7. The van der Waals surface area contributed by atoms with Crippen molar-refractivity contribution >= 4 is 16.5 Å². The van der Waals surface area contributed by atoms with Gasteiger partial charge in [-0.3, -0.25) is 4.98 Å². The number of aromatic nitrogens is 1. The molecule has 0 amide bonds. The molecule has 21 heavy (non-hydrogen) atoms. The summed E-state index contributed by atoms with van der Waals surface area (Å²) in [5.74, 6) is 0.856. The number of benzene rings is 1. The van der Waals surface area contributed by atoms with Crippen LogP contribution in [0.5, 0.6) is 0 Å². The molecule has 3 heteroatoms. The Hall–Kier alpha value is -1.61. The molecule has 1 aromatic carbocycles. The van der Waals surface area contributed by atoms with E-state index in [1.165, 1.54) is 35.7 Å². The van der Waals surface area contributed by atoms with Gasteiger partial charge in [-0.15, -0.1) is 0 Å². The first kappa shape index (κ1) is 13.1. The predicted octanol–water partition coefficient (Wildman–Crippen LogP) is 3.20. The van der Waals surface area contributed by atoms with Gasteiger partial charge < -0.3 is 10.2 Å². The van der Waals surface area contributed by atoms with Gasteiger partial charge in [-0.1, -0.05) is 12.1 Å². The van der Waals surface area contributed by atoms with Crippen LogP contribution in [0.1, 0.15) is 26.2 Å². The van der Waals surface area contributed by atoms with Gasteiger partial charge >= 0.3 is 0 Å². The fraction of sp³-hybridized carbons (Fsp3) is 0.500. The minimum atomic E-state index is 0.270. The topological polar surface area (TPSA) is 28.2 Å². The Morgan fingerprint density at radius 2 is 2.19 bits per heavy atom. The van der Waals surface area contributed by atoms with E-state index in [0.29, 0.717) is 0 Å². The van der Waals surface area contributed by atoms with Gasteiger partial charge in [0.2, 0.25) is 0 Å². The number of nitrogens with one attached hydrogen (secondary N) is 1. The second-order valence-electron chi connectivity index (χ2n) is 6.77. The van der Waals surface area contributed by atoms with Crippen molar-refractivity contribution in [2.24, 2.45) is 5.92 Å². The molecule has 0 bridgehead atoms. The number of hydrogen-bond donors (Lipinski definition) is 1. The molecule has 3 nitrogen and oxygen atoms in total. The van der Waals surface area contributed by atoms with Gasteiger partial charge in [0.15, 0.2) is 0 Å². The predicted molar refractivity (Wildman–Crippen MR) is 87.7 cm³/mol. The van der Waals surface area contributed by atoms with Crippen LogP contribution in [-0.2, 0) is 0 Å². The zero-order valence-corrected chi connectivity index (χ0v) is 12.7. The zero-order chi connectivity index (χ0) is 14.3. The van der Waals surface area contributed by atoms with Gasteiger partial charge in [0, 0.05) is 47.5 Å². The maximum Gasteiger partial charge on any atom is 0.0447 e. The van der Waals surface area contributed by atoms with Gasteiger partial charge in [-0.25, -0.2) is 0 Å². The molecule has 1 aliphatic heterocycles. The summed E-state index contributed by atoms with van der Waals surface area (Å²) in [5.41, 5.74) is 1.64. The summed E-state index contributed by atoms with van der Waals surface area (Å²) in [6.07, 6.45) is 7.86. The Morgan fingerprint density at radius 1 is 1.29 bits per heavy atom. The van der Waals surface area contributed by atoms with E-state index in [-0.39, 0.29) is 5.54 Å². The van der Waals surface area contributed by atoms with Gasteiger partial charge in [-0.05, 0) is 50.8 Å². The van der Waals surface area contributed by atoms with Crippen LogP contribution < -0.4 is 10.2 Å². The molecule has 1 unspecified atom stereocenters. The van der Waals surface area contributed by atoms with E-state index in [0.717, 1.165) is 25.6 Å². The van der Waals surface area contributed by atoms with Crippen molar-refractivity contribution in [2.45, 2.75) is 31.7 Å². The summed E-state index contributed by atoms with van der Waals surface area (Å²) < 4.78 is 0. The van der Waals surface area contributed by atoms with Crippen molar-refractivity contribution in [3.63, 3.8) is 0 Å². The van der Waals surface area contributed by atoms with Gasteiger partial charge in [0.1, 0.15) is 0 Å². The van der Waals surface area contributed by atoms with Crippen LogP contribution in [0, 0.1) is 5.92 Å². The smallest absolute Gasteiger partial charge is 0.0447 e. The SMILES string of the molecule is CC1(C2CC2)CN(c2cccc3cnccc23)CCCN1. The minimum absolute atomic E-state index is 0.270. The number of pyridine rings is 1. The van der Waals surface area contributed by atoms with Crippen LogP contribution in [0.15, 0.2) is 36.7 Å². The molecule has 2 aliphatic rings. The number of anilines is 1. The lowest BCUT2D eigenvalue weighted by molar-refractivity contribution is 0.332. The van der Waals surface area contributed by atoms with Crippen molar-refractivity contribution in [3.8, 4) is 0 Å². The van der Waals surface area contributed by atoms with Crippen LogP contribution in [0.4, 0.5) is 5.69 Å². The molecule has 0 spiro atoms. The molecular weight excluding hydrogens is 258 g/mol. The summed E-state index contributed by atoms with van der Waals surface area (Å²) in [5, 5.41) is 6.38. The summed E-state index contributed by atoms with van der Waals surface area (Å²) in [4.78, 5) is 6.84. The quantitative estimate of drug-likeness (QED) is 0.916. The van der Waals surface area contributed by atoms with Gasteiger partial charge in [0.25, 0.3) is 0 Å². The number of nitrogens with zero attached hydrogens (tertiary/aromatic N) is 2. The van der Waals surface area contributed by atoms with Crippen molar-refractivity contribution < 1.29 is 0 Å². The van der Waals surface area contributed by atoms with Crippen LogP contribution in [0.25, 0.3) is 10.8 Å². The molecule has 4 rings (SSSR count). The lowest BCUT2D eigenvalue weighted by atomic mass is 9.95. The van der Waals surface area contributed by atoms with Crippen molar-refractivity contribution in [3.05, 3.63) is 36.7 Å². The standard InChI is InChI=1S/C18H23N3/c1-18(15-6-7-15)13-21(11-3-9-20-18)17-5-2-4-14-12-19-10-8-16(14)17/h2,4-5,8,10,12,15,20H,3,6-7,9,11,13H2,1H3. The van der Waals surface area contributed by atoms with Crippen molar-refractivity contribution in [2.75, 3.05) is 24.5 Å². The van der Waals surface area contributed by atoms with Crippen LogP contribution in [0.3, 0.4) is 0 Å². The van der Waals surface area contributed by atoms with E-state index in [2.05, 4.69) is 46.4 Å². The highest BCUT2D eigenvalue weighted by Crippen LogP contribution is 2.41. The maximum atomic E-state index is 4.25. The van der Waals surface area contributed by atoms with Gasteiger partial charge in [-0.2, -0.15) is 0 Å². The molecule has 1 aliphatic carbocycles. The largest absolute Gasteiger partial charge is 0.369 e. The third kappa shape index (κ3) is 2.40. The Bertz CT molecular complexity index is 644. The first-order valence-corrected chi connectivity index (χ1v) is 8.09. The lowest BCUT2D eigenvalue weighted by Crippen LogP contribution is -2.51. The van der Waals surface area contributed by atoms with Crippen LogP contribution >= 0.6 is 0 Å². The Labute approximate surface area is 126 Å². The normalized spacial score (nSPS) is 26.8. The van der Waals surface area contributed by atoms with E-state index in [1.807, 2.05) is 12.4 Å². The molecule has 2 heterocycles. The first-order valence-electron chi connectivity index (χ1n) is 8.09. The average Bonchev–Trinajstić information content (AvgIpc) is 3.34. The molecule has 110 valence electrons. The third-order valence-electron chi connectivity index (χ3n) is 5.13. The molecule has 1 atom stereocenters. The van der Waals surface area contributed by atoms with Gasteiger partial charge in [0.05, 0.1) is 0 Å². The summed E-state index contributed by atoms with van der Waals surface area (Å²) in [7, 11) is 0. The summed E-state index contributed by atoms with van der Waals surface area (Å²) in [6.45, 7) is 5.79. The van der Waals surface area contributed by atoms with E-state index in [4.69, 9.17) is 0 Å². The van der Waals surface area contributed by atoms with E-state index in [9.17, 15) is 0 Å². The Kier molecular flexibility index (Phi) is 3.11. The minimum Gasteiger partial charge on any atom is -0.369 e. The molecule has 1 N–H and O–H groups in total. The molecule has 1 saturated heterocycles. The average molecular weight is 281 g/mol. The highest BCUT2D eigenvalue weighted by molar-refractivity contribution is 5.93. The lowest BCUT2D eigenvalue weighted by Gasteiger charge is -2.35. The van der Waals surface area contributed by atoms with Crippen molar-refractivity contribution in [1.82, 2.24) is 10.3 Å². The Morgan fingerprint density at radius 3 is 3.05 bits per heavy atom. The molecule has 2 aromatic rings. The number of hydrogen-bond acceptors (Lipinski definition) is 3. The van der Waals surface area contributed by atoms with Crippen LogP contribution in [-0.4, -0.2) is 30.2 Å². The summed E-state index contributed by atoms with van der Waals surface area (Å²) in [6, 6.07) is 8.73. The number of rotatable bonds is 2.